The Morgan fingerprint density at radius 1 is 1.09 bits per heavy atom. The first-order valence-electron chi connectivity index (χ1n) is 18.8. The number of carboxylic acid groups (broad SMARTS) is 1. The molecule has 2 atom stereocenters. The van der Waals surface area contributed by atoms with Gasteiger partial charge in [0.2, 0.25) is 0 Å². The van der Waals surface area contributed by atoms with Crippen molar-refractivity contribution in [3.63, 3.8) is 0 Å². The van der Waals surface area contributed by atoms with Gasteiger partial charge >= 0.3 is 12.1 Å². The summed E-state index contributed by atoms with van der Waals surface area (Å²) >= 11 is 0. The number of alkyl halides is 3. The van der Waals surface area contributed by atoms with Gasteiger partial charge in [-0.2, -0.15) is 13.2 Å². The van der Waals surface area contributed by atoms with Gasteiger partial charge < -0.3 is 29.1 Å². The van der Waals surface area contributed by atoms with E-state index in [4.69, 9.17) is 24.3 Å². The Labute approximate surface area is 325 Å². The summed E-state index contributed by atoms with van der Waals surface area (Å²) in [4.78, 5) is 22.1. The molecule has 0 spiro atoms. The van der Waals surface area contributed by atoms with Gasteiger partial charge in [-0.3, -0.25) is 9.69 Å². The number of ether oxygens (including phenoxy) is 3. The maximum Gasteiger partial charge on any atom is 0.394 e. The molecule has 2 unspecified atom stereocenters. The van der Waals surface area contributed by atoms with Crippen LogP contribution in [0.1, 0.15) is 70.4 Å². The van der Waals surface area contributed by atoms with Crippen molar-refractivity contribution in [2.45, 2.75) is 84.4 Å². The number of carboxylic acids is 1. The summed E-state index contributed by atoms with van der Waals surface area (Å²) in [7, 11) is 5.25. The van der Waals surface area contributed by atoms with Crippen LogP contribution in [0.4, 0.5) is 18.9 Å². The quantitative estimate of drug-likeness (QED) is 0.0969. The Balaban J connectivity index is 0.00000399. The molecule has 0 amide bonds. The third-order valence-electron chi connectivity index (χ3n) is 9.69. The highest BCUT2D eigenvalue weighted by molar-refractivity contribution is 5.77. The predicted molar refractivity (Wildman–Crippen MR) is 215 cm³/mol. The van der Waals surface area contributed by atoms with E-state index in [2.05, 4.69) is 67.1 Å². The molecule has 4 rings (SSSR count). The number of allylic oxidation sites excluding steroid dienone is 3. The largest absolute Gasteiger partial charge is 0.496 e. The third-order valence-corrected chi connectivity index (χ3v) is 9.69. The molecule has 2 aromatic carbocycles. The van der Waals surface area contributed by atoms with Crippen molar-refractivity contribution in [1.29, 1.82) is 0 Å². The Kier molecular flexibility index (Phi) is 17.5. The third kappa shape index (κ3) is 13.0. The zero-order chi connectivity index (χ0) is 40.7. The highest BCUT2D eigenvalue weighted by Crippen LogP contribution is 2.38. The maximum atomic E-state index is 13.8. The molecule has 0 aliphatic carbocycles. The highest BCUT2D eigenvalue weighted by Gasteiger charge is 2.35. The average Bonchev–Trinajstić information content (AvgIpc) is 3.16. The standard InChI is InChI=1S/C41H55F3N4O5.C2H4/c1-8-10-30(21-29(4)41(42,43)44)25-48(40-45-24-35(27-46(40)5)53-20-9-11-39(49)50)26-32-22-33(47-18-16-34(51-6)17-19-47)13-14-36(32)37-23-31(28(2)3)12-15-38(37)52-7;1-2/h8,10,12-15,21-24,27-29,34,40H,9,11,16-20,25-26H2,1-7H3,(H,49,50);1-2H2/b10-8-,30-21+;. The first-order chi connectivity index (χ1) is 26.2. The smallest absolute Gasteiger partial charge is 0.394 e. The van der Waals surface area contributed by atoms with Crippen LogP contribution in [0, 0.1) is 5.92 Å². The van der Waals surface area contributed by atoms with Crippen LogP contribution in [0.2, 0.25) is 0 Å². The molecule has 2 aromatic rings. The Hall–Kier alpha value is -4.55. The van der Waals surface area contributed by atoms with Gasteiger partial charge in [0.15, 0.2) is 12.0 Å². The lowest BCUT2D eigenvalue weighted by molar-refractivity contribution is -0.156. The van der Waals surface area contributed by atoms with Gasteiger partial charge in [-0.25, -0.2) is 4.99 Å². The second-order valence-electron chi connectivity index (χ2n) is 14.0. The Morgan fingerprint density at radius 2 is 1.80 bits per heavy atom. The SMILES string of the molecule is C/C=C\C(=C/C(C)C(F)(F)F)CN(Cc1cc(N2CCC(OC)CC2)ccc1-c1cc(C(C)C)ccc1OC)C1N=CC(OCCCC(=O)O)=CN1C.C=C. The molecule has 55 heavy (non-hydrogen) atoms. The van der Waals surface area contributed by atoms with Crippen molar-refractivity contribution in [3.8, 4) is 16.9 Å². The maximum absolute atomic E-state index is 13.8. The van der Waals surface area contributed by atoms with Crippen molar-refractivity contribution >= 4 is 17.9 Å². The minimum atomic E-state index is -4.39. The summed E-state index contributed by atoms with van der Waals surface area (Å²) < 4.78 is 58.8. The number of methoxy groups -OCH3 is 2. The molecule has 302 valence electrons. The fourth-order valence-electron chi connectivity index (χ4n) is 6.66. The van der Waals surface area contributed by atoms with E-state index in [-0.39, 0.29) is 31.6 Å². The number of benzene rings is 2. The van der Waals surface area contributed by atoms with E-state index in [9.17, 15) is 18.0 Å². The molecule has 0 saturated carbocycles. The summed E-state index contributed by atoms with van der Waals surface area (Å²) in [6.07, 6.45) is 5.54. The summed E-state index contributed by atoms with van der Waals surface area (Å²) in [5.74, 6) is -1.06. The number of rotatable bonds is 17. The van der Waals surface area contributed by atoms with E-state index >= 15 is 0 Å². The molecule has 2 heterocycles. The van der Waals surface area contributed by atoms with Crippen LogP contribution in [-0.2, 0) is 20.8 Å². The van der Waals surface area contributed by atoms with E-state index in [1.807, 2.05) is 18.0 Å². The van der Waals surface area contributed by atoms with Gasteiger partial charge in [0.05, 0.1) is 32.0 Å². The van der Waals surface area contributed by atoms with Crippen LogP contribution < -0.4 is 9.64 Å². The summed E-state index contributed by atoms with van der Waals surface area (Å²) in [5, 5.41) is 8.99. The minimum absolute atomic E-state index is 0.0102. The van der Waals surface area contributed by atoms with E-state index in [0.717, 1.165) is 66.5 Å². The number of hydrogen-bond donors (Lipinski definition) is 1. The molecular weight excluding hydrogens is 709 g/mol. The highest BCUT2D eigenvalue weighted by atomic mass is 19.4. The van der Waals surface area contributed by atoms with Crippen LogP contribution in [0.5, 0.6) is 5.75 Å². The molecule has 0 aromatic heterocycles. The molecule has 9 nitrogen and oxygen atoms in total. The van der Waals surface area contributed by atoms with Crippen LogP contribution in [0.3, 0.4) is 0 Å². The summed E-state index contributed by atoms with van der Waals surface area (Å²) in [6.45, 7) is 15.7. The summed E-state index contributed by atoms with van der Waals surface area (Å²) in [6, 6.07) is 12.7. The second kappa shape index (κ2) is 21.5. The lowest BCUT2D eigenvalue weighted by atomic mass is 9.92. The number of anilines is 1. The molecule has 2 aliphatic heterocycles. The minimum Gasteiger partial charge on any atom is -0.496 e. The van der Waals surface area contributed by atoms with Crippen LogP contribution in [-0.4, -0.2) is 93.2 Å². The van der Waals surface area contributed by atoms with Crippen molar-refractivity contribution < 1.29 is 37.3 Å². The van der Waals surface area contributed by atoms with E-state index < -0.39 is 24.4 Å². The molecule has 2 aliphatic rings. The number of carbonyl (C=O) groups is 1. The van der Waals surface area contributed by atoms with Gasteiger partial charge in [0, 0.05) is 64.2 Å². The molecular formula is C43H59F3N4O5. The molecule has 12 heteroatoms. The van der Waals surface area contributed by atoms with Crippen LogP contribution in [0.25, 0.3) is 11.1 Å². The first kappa shape index (κ1) is 44.8. The number of aliphatic imine (C=N–C) groups is 1. The number of hydrogen-bond acceptors (Lipinski definition) is 8. The van der Waals surface area contributed by atoms with Crippen molar-refractivity contribution in [2.24, 2.45) is 10.9 Å². The number of halogens is 3. The first-order valence-corrected chi connectivity index (χ1v) is 18.8. The molecule has 0 bridgehead atoms. The van der Waals surface area contributed by atoms with Gasteiger partial charge in [0.25, 0.3) is 0 Å². The Morgan fingerprint density at radius 3 is 2.38 bits per heavy atom. The fraction of sp³-hybridized carbons (Fsp3) is 0.488. The van der Waals surface area contributed by atoms with Gasteiger partial charge in [-0.1, -0.05) is 51.1 Å². The zero-order valence-corrected chi connectivity index (χ0v) is 33.4. The molecule has 0 radical (unpaired) electrons. The van der Waals surface area contributed by atoms with Crippen molar-refractivity contribution in [1.82, 2.24) is 9.80 Å². The van der Waals surface area contributed by atoms with Crippen LogP contribution >= 0.6 is 0 Å². The van der Waals surface area contributed by atoms with Gasteiger partial charge in [-0.15, -0.1) is 13.2 Å². The van der Waals surface area contributed by atoms with Gasteiger partial charge in [0.1, 0.15) is 5.75 Å². The topological polar surface area (TPSA) is 87.1 Å². The summed E-state index contributed by atoms with van der Waals surface area (Å²) in [5.41, 5.74) is 5.61. The average molecular weight is 769 g/mol. The second-order valence-corrected chi connectivity index (χ2v) is 14.0. The fourth-order valence-corrected chi connectivity index (χ4v) is 6.66. The van der Waals surface area contributed by atoms with E-state index in [1.54, 1.807) is 45.7 Å². The van der Waals surface area contributed by atoms with Crippen molar-refractivity contribution in [2.75, 3.05) is 52.4 Å². The number of aliphatic carboxylic acids is 1. The van der Waals surface area contributed by atoms with E-state index in [1.165, 1.54) is 6.08 Å². The van der Waals surface area contributed by atoms with E-state index in [0.29, 0.717) is 24.3 Å². The monoisotopic (exact) mass is 768 g/mol. The van der Waals surface area contributed by atoms with Crippen LogP contribution in [0.15, 0.2) is 90.3 Å². The lowest BCUT2D eigenvalue weighted by Gasteiger charge is -2.38. The zero-order valence-electron chi connectivity index (χ0n) is 33.4. The van der Waals surface area contributed by atoms with Crippen molar-refractivity contribution in [3.05, 3.63) is 96.4 Å². The lowest BCUT2D eigenvalue weighted by Crippen LogP contribution is -2.45. The molecule has 1 saturated heterocycles. The predicted octanol–water partition coefficient (Wildman–Crippen LogP) is 9.43. The normalized spacial score (nSPS) is 17.3. The Bertz CT molecular complexity index is 1660. The van der Waals surface area contributed by atoms with Gasteiger partial charge in [-0.05, 0) is 78.6 Å². The molecule has 1 fully saturated rings. The number of piperidine rings is 1. The number of nitrogens with zero attached hydrogens (tertiary/aromatic N) is 4. The molecule has 1 N–H and O–H groups in total.